The van der Waals surface area contributed by atoms with Crippen LogP contribution < -0.4 is 4.90 Å². The number of likely N-dealkylation sites (N-methyl/N-ethyl adjacent to an activating group) is 1. The Bertz CT molecular complexity index is 377. The number of nitrogens with zero attached hydrogens (tertiary/aromatic N) is 1. The third kappa shape index (κ3) is 2.26. The molecular weight excluding hydrogens is 197 g/mol. The second-order valence-corrected chi connectivity index (χ2v) is 3.90. The molecule has 0 aliphatic heterocycles. The average Bonchev–Trinajstić information content (AvgIpc) is 2.16. The van der Waals surface area contributed by atoms with E-state index in [1.165, 1.54) is 17.0 Å². The largest absolute Gasteiger partial charge is 0.480 e. The Balaban J connectivity index is 3.04. The molecule has 1 rings (SSSR count). The third-order valence-electron chi connectivity index (χ3n) is 2.56. The summed E-state index contributed by atoms with van der Waals surface area (Å²) >= 11 is 0. The van der Waals surface area contributed by atoms with Crippen LogP contribution in [0.5, 0.6) is 0 Å². The van der Waals surface area contributed by atoms with Gasteiger partial charge in [-0.2, -0.15) is 0 Å². The lowest BCUT2D eigenvalue weighted by Crippen LogP contribution is -2.48. The molecule has 3 nitrogen and oxygen atoms in total. The van der Waals surface area contributed by atoms with Crippen LogP contribution in [0.3, 0.4) is 0 Å². The Labute approximate surface area is 88.1 Å². The maximum Gasteiger partial charge on any atom is 0.328 e. The standard InChI is InChI=1S/C11H14FNO2/c1-11(2,10(14)15)13(3)9-6-4-5-8(12)7-9/h4-7H,1-3H3,(H,14,15). The number of halogens is 1. The predicted octanol–water partition coefficient (Wildman–Crippen LogP) is 2.13. The summed E-state index contributed by atoms with van der Waals surface area (Å²) in [6.45, 7) is 3.14. The molecule has 1 aromatic carbocycles. The van der Waals surface area contributed by atoms with E-state index in [2.05, 4.69) is 0 Å². The van der Waals surface area contributed by atoms with Gasteiger partial charge in [0.2, 0.25) is 0 Å². The minimum absolute atomic E-state index is 0.375. The molecule has 0 amide bonds. The van der Waals surface area contributed by atoms with Gasteiger partial charge in [0.05, 0.1) is 0 Å². The minimum atomic E-state index is -1.06. The molecule has 0 heterocycles. The van der Waals surface area contributed by atoms with Crippen molar-refractivity contribution in [2.75, 3.05) is 11.9 Å². The van der Waals surface area contributed by atoms with Crippen LogP contribution in [-0.2, 0) is 4.79 Å². The number of benzene rings is 1. The molecule has 0 saturated carbocycles. The zero-order valence-electron chi connectivity index (χ0n) is 8.99. The molecule has 0 radical (unpaired) electrons. The lowest BCUT2D eigenvalue weighted by Gasteiger charge is -2.33. The molecule has 0 aromatic heterocycles. The monoisotopic (exact) mass is 211 g/mol. The molecule has 82 valence electrons. The fourth-order valence-electron chi connectivity index (χ4n) is 1.15. The van der Waals surface area contributed by atoms with Crippen LogP contribution in [0.4, 0.5) is 10.1 Å². The van der Waals surface area contributed by atoms with Crippen LogP contribution in [0.25, 0.3) is 0 Å². The second-order valence-electron chi connectivity index (χ2n) is 3.90. The predicted molar refractivity (Wildman–Crippen MR) is 56.5 cm³/mol. The Kier molecular flexibility index (Phi) is 2.98. The van der Waals surface area contributed by atoms with Crippen molar-refractivity contribution in [2.45, 2.75) is 19.4 Å². The van der Waals surface area contributed by atoms with Gasteiger partial charge in [-0.1, -0.05) is 6.07 Å². The molecule has 0 saturated heterocycles. The lowest BCUT2D eigenvalue weighted by molar-refractivity contribution is -0.142. The number of hydrogen-bond donors (Lipinski definition) is 1. The topological polar surface area (TPSA) is 40.5 Å². The molecule has 0 aliphatic carbocycles. The van der Waals surface area contributed by atoms with E-state index < -0.39 is 11.5 Å². The Morgan fingerprint density at radius 2 is 2.07 bits per heavy atom. The van der Waals surface area contributed by atoms with Crippen molar-refractivity contribution >= 4 is 11.7 Å². The van der Waals surface area contributed by atoms with Gasteiger partial charge in [-0.15, -0.1) is 0 Å². The maximum absolute atomic E-state index is 12.9. The van der Waals surface area contributed by atoms with E-state index in [1.807, 2.05) is 0 Å². The molecule has 0 bridgehead atoms. The van der Waals surface area contributed by atoms with Crippen LogP contribution in [0.1, 0.15) is 13.8 Å². The summed E-state index contributed by atoms with van der Waals surface area (Å²) in [5.41, 5.74) is -0.518. The normalized spacial score (nSPS) is 11.2. The van der Waals surface area contributed by atoms with Crippen LogP contribution in [-0.4, -0.2) is 23.7 Å². The van der Waals surface area contributed by atoms with Gasteiger partial charge in [0.15, 0.2) is 0 Å². The first kappa shape index (κ1) is 11.5. The van der Waals surface area contributed by atoms with Gasteiger partial charge in [-0.25, -0.2) is 9.18 Å². The van der Waals surface area contributed by atoms with E-state index in [9.17, 15) is 9.18 Å². The summed E-state index contributed by atoms with van der Waals surface area (Å²) in [6, 6.07) is 5.86. The van der Waals surface area contributed by atoms with Crippen LogP contribution in [0, 0.1) is 5.82 Å². The molecule has 0 aliphatic rings. The van der Waals surface area contributed by atoms with Gasteiger partial charge in [-0.3, -0.25) is 0 Å². The van der Waals surface area contributed by atoms with E-state index in [-0.39, 0.29) is 5.82 Å². The second kappa shape index (κ2) is 3.88. The number of hydrogen-bond acceptors (Lipinski definition) is 2. The summed E-state index contributed by atoms with van der Waals surface area (Å²) in [5.74, 6) is -1.32. The van der Waals surface area contributed by atoms with Crippen molar-refractivity contribution in [3.8, 4) is 0 Å². The number of anilines is 1. The lowest BCUT2D eigenvalue weighted by atomic mass is 10.0. The quantitative estimate of drug-likeness (QED) is 0.832. The molecule has 1 aromatic rings. The van der Waals surface area contributed by atoms with Crippen molar-refractivity contribution in [2.24, 2.45) is 0 Å². The summed E-state index contributed by atoms with van der Waals surface area (Å²) in [6.07, 6.45) is 0. The number of rotatable bonds is 3. The minimum Gasteiger partial charge on any atom is -0.480 e. The van der Waals surface area contributed by atoms with E-state index >= 15 is 0 Å². The molecule has 15 heavy (non-hydrogen) atoms. The Morgan fingerprint density at radius 1 is 1.47 bits per heavy atom. The highest BCUT2D eigenvalue weighted by Gasteiger charge is 2.32. The highest BCUT2D eigenvalue weighted by Crippen LogP contribution is 2.22. The van der Waals surface area contributed by atoms with Gasteiger partial charge in [0.1, 0.15) is 11.4 Å². The fourth-order valence-corrected chi connectivity index (χ4v) is 1.15. The van der Waals surface area contributed by atoms with E-state index in [1.54, 1.807) is 33.0 Å². The molecule has 0 fully saturated rings. The van der Waals surface area contributed by atoms with Gasteiger partial charge < -0.3 is 10.0 Å². The molecule has 0 unspecified atom stereocenters. The summed E-state index contributed by atoms with van der Waals surface area (Å²) in [5, 5.41) is 9.01. The Hall–Kier alpha value is -1.58. The summed E-state index contributed by atoms with van der Waals surface area (Å²) in [4.78, 5) is 12.5. The van der Waals surface area contributed by atoms with Crippen molar-refractivity contribution in [3.05, 3.63) is 30.1 Å². The molecule has 0 spiro atoms. The molecular formula is C11H14FNO2. The van der Waals surface area contributed by atoms with Crippen LogP contribution in [0.2, 0.25) is 0 Å². The highest BCUT2D eigenvalue weighted by atomic mass is 19.1. The molecule has 0 atom stereocenters. The SMILES string of the molecule is CN(c1cccc(F)c1)C(C)(C)C(=O)O. The van der Waals surface area contributed by atoms with E-state index in [0.29, 0.717) is 5.69 Å². The van der Waals surface area contributed by atoms with Crippen LogP contribution in [0.15, 0.2) is 24.3 Å². The Morgan fingerprint density at radius 3 is 2.53 bits per heavy atom. The van der Waals surface area contributed by atoms with Crippen molar-refractivity contribution in [1.29, 1.82) is 0 Å². The summed E-state index contributed by atoms with van der Waals surface area (Å²) in [7, 11) is 1.63. The van der Waals surface area contributed by atoms with Gasteiger partial charge in [0.25, 0.3) is 0 Å². The summed E-state index contributed by atoms with van der Waals surface area (Å²) < 4.78 is 12.9. The number of carbonyl (C=O) groups is 1. The fraction of sp³-hybridized carbons (Fsp3) is 0.364. The molecule has 4 heteroatoms. The first-order valence-electron chi connectivity index (χ1n) is 4.58. The first-order valence-corrected chi connectivity index (χ1v) is 4.58. The average molecular weight is 211 g/mol. The van der Waals surface area contributed by atoms with Gasteiger partial charge >= 0.3 is 5.97 Å². The van der Waals surface area contributed by atoms with E-state index in [4.69, 9.17) is 5.11 Å². The zero-order valence-corrected chi connectivity index (χ0v) is 8.99. The highest BCUT2D eigenvalue weighted by molar-refractivity contribution is 5.82. The number of aliphatic carboxylic acids is 1. The maximum atomic E-state index is 12.9. The smallest absolute Gasteiger partial charge is 0.328 e. The van der Waals surface area contributed by atoms with Gasteiger partial charge in [0, 0.05) is 12.7 Å². The van der Waals surface area contributed by atoms with Crippen molar-refractivity contribution < 1.29 is 14.3 Å². The number of carboxylic acid groups (broad SMARTS) is 1. The first-order chi connectivity index (χ1) is 6.85. The van der Waals surface area contributed by atoms with Crippen molar-refractivity contribution in [3.63, 3.8) is 0 Å². The van der Waals surface area contributed by atoms with Crippen LogP contribution >= 0.6 is 0 Å². The van der Waals surface area contributed by atoms with Gasteiger partial charge in [-0.05, 0) is 32.0 Å². The third-order valence-corrected chi connectivity index (χ3v) is 2.56. The zero-order chi connectivity index (χ0) is 11.6. The van der Waals surface area contributed by atoms with Crippen molar-refractivity contribution in [1.82, 2.24) is 0 Å². The van der Waals surface area contributed by atoms with E-state index in [0.717, 1.165) is 0 Å². The number of carboxylic acids is 1. The molecule has 1 N–H and O–H groups in total.